The molecule has 1 aliphatic rings. The van der Waals surface area contributed by atoms with Gasteiger partial charge in [-0.15, -0.1) is 0 Å². The van der Waals surface area contributed by atoms with E-state index in [1.54, 1.807) is 0 Å². The van der Waals surface area contributed by atoms with E-state index < -0.39 is 12.0 Å². The molecule has 126 valence electrons. The van der Waals surface area contributed by atoms with Crippen molar-refractivity contribution >= 4 is 11.9 Å². The minimum atomic E-state index is -0.908. The third-order valence-electron chi connectivity index (χ3n) is 4.53. The molecule has 0 saturated heterocycles. The number of nitrogens with one attached hydrogen (secondary N) is 2. The predicted octanol–water partition coefficient (Wildman–Crippen LogP) is 2.34. The lowest BCUT2D eigenvalue weighted by molar-refractivity contribution is -0.141. The Morgan fingerprint density at radius 2 is 1.91 bits per heavy atom. The molecule has 5 heteroatoms. The van der Waals surface area contributed by atoms with Gasteiger partial charge in [-0.2, -0.15) is 0 Å². The zero-order valence-corrected chi connectivity index (χ0v) is 13.8. The van der Waals surface area contributed by atoms with Crippen LogP contribution in [0.1, 0.15) is 44.7 Å². The van der Waals surface area contributed by atoms with Crippen molar-refractivity contribution < 1.29 is 14.7 Å². The second-order valence-corrected chi connectivity index (χ2v) is 6.38. The Balaban J connectivity index is 1.91. The van der Waals surface area contributed by atoms with Gasteiger partial charge in [0.25, 0.3) is 0 Å². The van der Waals surface area contributed by atoms with E-state index in [2.05, 4.69) is 10.6 Å². The van der Waals surface area contributed by atoms with E-state index in [1.807, 2.05) is 44.2 Å². The number of carbonyl (C=O) groups excluding carboxylic acids is 1. The average molecular weight is 318 g/mol. The molecule has 0 bridgehead atoms. The maximum Gasteiger partial charge on any atom is 0.320 e. The molecule has 3 atom stereocenters. The summed E-state index contributed by atoms with van der Waals surface area (Å²) in [6.45, 7) is 3.85. The van der Waals surface area contributed by atoms with Crippen molar-refractivity contribution in [1.82, 2.24) is 10.6 Å². The van der Waals surface area contributed by atoms with Crippen LogP contribution in [0, 0.1) is 11.8 Å². The van der Waals surface area contributed by atoms with Crippen molar-refractivity contribution in [3.63, 3.8) is 0 Å². The summed E-state index contributed by atoms with van der Waals surface area (Å²) in [4.78, 5) is 23.5. The molecule has 0 aromatic heterocycles. The zero-order chi connectivity index (χ0) is 16.8. The second kappa shape index (κ2) is 8.11. The lowest BCUT2D eigenvalue weighted by Gasteiger charge is -2.22. The van der Waals surface area contributed by atoms with Gasteiger partial charge < -0.3 is 10.4 Å². The van der Waals surface area contributed by atoms with Gasteiger partial charge in [0.05, 0.1) is 12.6 Å². The lowest BCUT2D eigenvalue weighted by Crippen LogP contribution is -2.47. The monoisotopic (exact) mass is 318 g/mol. The number of aliphatic carboxylic acids is 1. The van der Waals surface area contributed by atoms with Gasteiger partial charge in [-0.25, -0.2) is 0 Å². The first-order valence-corrected chi connectivity index (χ1v) is 8.33. The number of rotatable bonds is 9. The number of carbonyl (C=O) groups is 2. The van der Waals surface area contributed by atoms with Gasteiger partial charge in [0.1, 0.15) is 6.04 Å². The molecular weight excluding hydrogens is 292 g/mol. The van der Waals surface area contributed by atoms with E-state index in [-0.39, 0.29) is 24.4 Å². The summed E-state index contributed by atoms with van der Waals surface area (Å²) in [5.74, 6) is -0.589. The fraction of sp³-hybridized carbons (Fsp3) is 0.556. The van der Waals surface area contributed by atoms with Crippen molar-refractivity contribution in [1.29, 1.82) is 0 Å². The molecule has 1 saturated carbocycles. The van der Waals surface area contributed by atoms with Crippen molar-refractivity contribution in [2.24, 2.45) is 11.8 Å². The topological polar surface area (TPSA) is 78.4 Å². The second-order valence-electron chi connectivity index (χ2n) is 6.38. The minimum Gasteiger partial charge on any atom is -0.480 e. The minimum absolute atomic E-state index is 0.0198. The van der Waals surface area contributed by atoms with Crippen LogP contribution in [0.3, 0.4) is 0 Å². The first-order valence-electron chi connectivity index (χ1n) is 8.33. The maximum absolute atomic E-state index is 12.2. The molecule has 0 heterocycles. The summed E-state index contributed by atoms with van der Waals surface area (Å²) in [5, 5.41) is 15.2. The summed E-state index contributed by atoms with van der Waals surface area (Å²) in [6, 6.07) is 9.28. The SMILES string of the molecule is CC[C@H](C)[C@H](NCC(=O)NC(c1ccccc1)C1CC1)C(=O)O. The zero-order valence-electron chi connectivity index (χ0n) is 13.8. The number of amides is 1. The quantitative estimate of drug-likeness (QED) is 0.653. The van der Waals surface area contributed by atoms with Gasteiger partial charge in [0, 0.05) is 0 Å². The van der Waals surface area contributed by atoms with Crippen LogP contribution in [0.5, 0.6) is 0 Å². The van der Waals surface area contributed by atoms with Crippen LogP contribution in [0.4, 0.5) is 0 Å². The van der Waals surface area contributed by atoms with Crippen molar-refractivity contribution in [2.45, 2.75) is 45.2 Å². The molecule has 2 rings (SSSR count). The summed E-state index contributed by atoms with van der Waals surface area (Å²) in [5.41, 5.74) is 1.11. The maximum atomic E-state index is 12.2. The molecule has 0 radical (unpaired) electrons. The molecular formula is C18H26N2O3. The Bertz CT molecular complexity index is 528. The number of hydrogen-bond acceptors (Lipinski definition) is 3. The largest absolute Gasteiger partial charge is 0.480 e. The average Bonchev–Trinajstić information content (AvgIpc) is 3.37. The van der Waals surface area contributed by atoms with E-state index in [0.717, 1.165) is 24.8 Å². The number of benzene rings is 1. The van der Waals surface area contributed by atoms with Gasteiger partial charge in [0.2, 0.25) is 5.91 Å². The normalized spacial score (nSPS) is 18.0. The molecule has 1 amide bonds. The van der Waals surface area contributed by atoms with Crippen LogP contribution in [0.2, 0.25) is 0 Å². The van der Waals surface area contributed by atoms with E-state index in [4.69, 9.17) is 0 Å². The standard InChI is InChI=1S/C18H26N2O3/c1-3-12(2)16(18(22)23)19-11-15(21)20-17(14-9-10-14)13-7-5-4-6-8-13/h4-8,12,14,16-17,19H,3,9-11H2,1-2H3,(H,20,21)(H,22,23)/t12-,16-,17?/m0/s1. The summed E-state index contributed by atoms with van der Waals surface area (Å²) in [6.07, 6.45) is 3.00. The summed E-state index contributed by atoms with van der Waals surface area (Å²) < 4.78 is 0. The molecule has 5 nitrogen and oxygen atoms in total. The van der Waals surface area contributed by atoms with Crippen LogP contribution in [-0.2, 0) is 9.59 Å². The molecule has 3 N–H and O–H groups in total. The third-order valence-corrected chi connectivity index (χ3v) is 4.53. The van der Waals surface area contributed by atoms with Gasteiger partial charge in [-0.1, -0.05) is 50.6 Å². The van der Waals surface area contributed by atoms with E-state index in [0.29, 0.717) is 5.92 Å². The first kappa shape index (κ1) is 17.5. The highest BCUT2D eigenvalue weighted by Crippen LogP contribution is 2.40. The van der Waals surface area contributed by atoms with E-state index in [9.17, 15) is 14.7 Å². The first-order chi connectivity index (χ1) is 11.0. The molecule has 0 spiro atoms. The molecule has 0 aliphatic heterocycles. The van der Waals surface area contributed by atoms with Crippen LogP contribution in [-0.4, -0.2) is 29.6 Å². The Hall–Kier alpha value is -1.88. The van der Waals surface area contributed by atoms with Crippen LogP contribution < -0.4 is 10.6 Å². The Morgan fingerprint density at radius 1 is 1.26 bits per heavy atom. The van der Waals surface area contributed by atoms with Gasteiger partial charge in [-0.05, 0) is 30.2 Å². The Morgan fingerprint density at radius 3 is 2.43 bits per heavy atom. The lowest BCUT2D eigenvalue weighted by atomic mass is 9.99. The Kier molecular flexibility index (Phi) is 6.16. The highest BCUT2D eigenvalue weighted by atomic mass is 16.4. The summed E-state index contributed by atoms with van der Waals surface area (Å²) >= 11 is 0. The molecule has 1 unspecified atom stereocenters. The number of hydrogen-bond donors (Lipinski definition) is 3. The fourth-order valence-corrected chi connectivity index (χ4v) is 2.76. The van der Waals surface area contributed by atoms with Crippen LogP contribution >= 0.6 is 0 Å². The molecule has 1 fully saturated rings. The van der Waals surface area contributed by atoms with Crippen molar-refractivity contribution in [2.75, 3.05) is 6.54 Å². The third kappa shape index (κ3) is 5.06. The molecule has 23 heavy (non-hydrogen) atoms. The van der Waals surface area contributed by atoms with Crippen LogP contribution in [0.25, 0.3) is 0 Å². The van der Waals surface area contributed by atoms with Gasteiger partial charge >= 0.3 is 5.97 Å². The van der Waals surface area contributed by atoms with E-state index >= 15 is 0 Å². The Labute approximate surface area is 137 Å². The van der Waals surface area contributed by atoms with E-state index in [1.165, 1.54) is 0 Å². The number of carboxylic acid groups (broad SMARTS) is 1. The highest BCUT2D eigenvalue weighted by Gasteiger charge is 2.33. The molecule has 1 aliphatic carbocycles. The van der Waals surface area contributed by atoms with Crippen molar-refractivity contribution in [3.05, 3.63) is 35.9 Å². The van der Waals surface area contributed by atoms with Gasteiger partial charge in [-0.3, -0.25) is 14.9 Å². The molecule has 1 aromatic carbocycles. The highest BCUT2D eigenvalue weighted by molar-refractivity contribution is 5.80. The van der Waals surface area contributed by atoms with Crippen LogP contribution in [0.15, 0.2) is 30.3 Å². The molecule has 1 aromatic rings. The predicted molar refractivity (Wildman–Crippen MR) is 88.9 cm³/mol. The number of carboxylic acids is 1. The summed E-state index contributed by atoms with van der Waals surface area (Å²) in [7, 11) is 0. The van der Waals surface area contributed by atoms with Gasteiger partial charge in [0.15, 0.2) is 0 Å². The fourth-order valence-electron chi connectivity index (χ4n) is 2.76. The smallest absolute Gasteiger partial charge is 0.320 e. The van der Waals surface area contributed by atoms with Crippen molar-refractivity contribution in [3.8, 4) is 0 Å².